The summed E-state index contributed by atoms with van der Waals surface area (Å²) in [6.45, 7) is 0. The summed E-state index contributed by atoms with van der Waals surface area (Å²) in [5.74, 6) is 0.949. The number of methoxy groups -OCH3 is 1. The first-order valence-electron chi connectivity index (χ1n) is 4.87. The minimum atomic E-state index is 0.648. The predicted octanol–water partition coefficient (Wildman–Crippen LogP) is 2.93. The van der Waals surface area contributed by atoms with Crippen LogP contribution in [-0.4, -0.2) is 7.11 Å². The molecule has 0 amide bonds. The van der Waals surface area contributed by atoms with Crippen LogP contribution in [0, 0.1) is 11.3 Å². The molecule has 0 heterocycles. The molecule has 0 saturated heterocycles. The molecule has 0 aliphatic rings. The zero-order valence-electron chi connectivity index (χ0n) is 8.49. The number of benzene rings is 1. The van der Waals surface area contributed by atoms with E-state index >= 15 is 0 Å². The van der Waals surface area contributed by atoms with Gasteiger partial charge in [0.1, 0.15) is 5.75 Å². The lowest BCUT2D eigenvalue weighted by atomic mass is 10.1. The van der Waals surface area contributed by atoms with Crippen LogP contribution in [0.3, 0.4) is 0 Å². The Bertz CT molecular complexity index is 314. The van der Waals surface area contributed by atoms with E-state index in [1.807, 2.05) is 18.2 Å². The van der Waals surface area contributed by atoms with Crippen molar-refractivity contribution in [2.45, 2.75) is 25.7 Å². The highest BCUT2D eigenvalue weighted by molar-refractivity contribution is 5.33. The fourth-order valence-corrected chi connectivity index (χ4v) is 1.43. The van der Waals surface area contributed by atoms with Crippen molar-refractivity contribution in [3.63, 3.8) is 0 Å². The fraction of sp³-hybridized carbons (Fsp3) is 0.417. The summed E-state index contributed by atoms with van der Waals surface area (Å²) in [6.07, 6.45) is 3.66. The summed E-state index contributed by atoms with van der Waals surface area (Å²) in [7, 11) is 1.69. The molecule has 0 aliphatic carbocycles. The zero-order chi connectivity index (χ0) is 10.2. The highest BCUT2D eigenvalue weighted by Gasteiger charge is 2.00. The van der Waals surface area contributed by atoms with Gasteiger partial charge in [-0.25, -0.2) is 0 Å². The molecule has 0 unspecified atom stereocenters. The maximum atomic E-state index is 8.39. The number of nitriles is 1. The molecule has 0 radical (unpaired) electrons. The highest BCUT2D eigenvalue weighted by atomic mass is 16.5. The van der Waals surface area contributed by atoms with E-state index in [1.54, 1.807) is 7.11 Å². The van der Waals surface area contributed by atoms with Gasteiger partial charge < -0.3 is 4.74 Å². The van der Waals surface area contributed by atoms with Crippen molar-refractivity contribution < 1.29 is 4.74 Å². The van der Waals surface area contributed by atoms with Gasteiger partial charge in [0.2, 0.25) is 0 Å². The van der Waals surface area contributed by atoms with Gasteiger partial charge in [0.15, 0.2) is 0 Å². The lowest BCUT2D eigenvalue weighted by Gasteiger charge is -2.06. The van der Waals surface area contributed by atoms with E-state index in [0.717, 1.165) is 25.0 Å². The van der Waals surface area contributed by atoms with Crippen LogP contribution in [0.25, 0.3) is 0 Å². The number of hydrogen-bond donors (Lipinski definition) is 0. The molecule has 0 fully saturated rings. The molecule has 0 aliphatic heterocycles. The quantitative estimate of drug-likeness (QED) is 0.667. The van der Waals surface area contributed by atoms with Crippen molar-refractivity contribution >= 4 is 0 Å². The number of aryl methyl sites for hydroxylation is 1. The van der Waals surface area contributed by atoms with Gasteiger partial charge in [0.25, 0.3) is 0 Å². The molecule has 1 aromatic carbocycles. The molecular formula is C12H15NO. The van der Waals surface area contributed by atoms with E-state index in [9.17, 15) is 0 Å². The minimum Gasteiger partial charge on any atom is -0.496 e. The summed E-state index contributed by atoms with van der Waals surface area (Å²) in [4.78, 5) is 0. The zero-order valence-corrected chi connectivity index (χ0v) is 8.49. The predicted molar refractivity (Wildman–Crippen MR) is 56.2 cm³/mol. The van der Waals surface area contributed by atoms with Gasteiger partial charge in [-0.2, -0.15) is 5.26 Å². The molecule has 0 atom stereocenters. The van der Waals surface area contributed by atoms with Gasteiger partial charge in [-0.05, 0) is 30.9 Å². The van der Waals surface area contributed by atoms with E-state index in [4.69, 9.17) is 10.00 Å². The average Bonchev–Trinajstić information content (AvgIpc) is 2.25. The number of rotatable bonds is 5. The number of nitrogens with zero attached hydrogens (tertiary/aromatic N) is 1. The van der Waals surface area contributed by atoms with Crippen LogP contribution in [-0.2, 0) is 6.42 Å². The third-order valence-corrected chi connectivity index (χ3v) is 2.18. The van der Waals surface area contributed by atoms with Crippen LogP contribution in [0.1, 0.15) is 24.8 Å². The SMILES string of the molecule is COc1ccccc1CCCCC#N. The van der Waals surface area contributed by atoms with Gasteiger partial charge in [0.05, 0.1) is 13.2 Å². The second-order valence-corrected chi connectivity index (χ2v) is 3.18. The molecule has 1 aromatic rings. The molecule has 0 aromatic heterocycles. The topological polar surface area (TPSA) is 33.0 Å². The first-order valence-corrected chi connectivity index (χ1v) is 4.87. The summed E-state index contributed by atoms with van der Waals surface area (Å²) >= 11 is 0. The second-order valence-electron chi connectivity index (χ2n) is 3.18. The van der Waals surface area contributed by atoms with Crippen molar-refractivity contribution in [1.82, 2.24) is 0 Å². The van der Waals surface area contributed by atoms with E-state index in [1.165, 1.54) is 5.56 Å². The molecule has 14 heavy (non-hydrogen) atoms. The molecule has 1 rings (SSSR count). The Balaban J connectivity index is 2.46. The van der Waals surface area contributed by atoms with Crippen LogP contribution in [0.4, 0.5) is 0 Å². The minimum absolute atomic E-state index is 0.648. The van der Waals surface area contributed by atoms with Crippen molar-refractivity contribution in [3.8, 4) is 11.8 Å². The van der Waals surface area contributed by atoms with Crippen LogP contribution in [0.2, 0.25) is 0 Å². The van der Waals surface area contributed by atoms with Gasteiger partial charge in [-0.1, -0.05) is 18.2 Å². The molecule has 2 heteroatoms. The Morgan fingerprint density at radius 2 is 2.07 bits per heavy atom. The van der Waals surface area contributed by atoms with Crippen molar-refractivity contribution in [2.75, 3.05) is 7.11 Å². The first-order chi connectivity index (χ1) is 6.88. The highest BCUT2D eigenvalue weighted by Crippen LogP contribution is 2.19. The van der Waals surface area contributed by atoms with Crippen molar-refractivity contribution in [3.05, 3.63) is 29.8 Å². The largest absolute Gasteiger partial charge is 0.496 e. The Kier molecular flexibility index (Phi) is 4.57. The van der Waals surface area contributed by atoms with Crippen LogP contribution in [0.5, 0.6) is 5.75 Å². The summed E-state index contributed by atoms with van der Waals surface area (Å²) in [5, 5.41) is 8.39. The number of unbranched alkanes of at least 4 members (excludes halogenated alkanes) is 2. The Morgan fingerprint density at radius 1 is 1.29 bits per heavy atom. The van der Waals surface area contributed by atoms with Crippen molar-refractivity contribution in [1.29, 1.82) is 5.26 Å². The monoisotopic (exact) mass is 189 g/mol. The number of hydrogen-bond acceptors (Lipinski definition) is 2. The summed E-state index contributed by atoms with van der Waals surface area (Å²) in [6, 6.07) is 10.2. The third kappa shape index (κ3) is 3.10. The summed E-state index contributed by atoms with van der Waals surface area (Å²) < 4.78 is 5.24. The van der Waals surface area contributed by atoms with Crippen LogP contribution in [0.15, 0.2) is 24.3 Å². The molecule has 0 N–H and O–H groups in total. The van der Waals surface area contributed by atoms with Gasteiger partial charge in [0, 0.05) is 6.42 Å². The van der Waals surface area contributed by atoms with Gasteiger partial charge >= 0.3 is 0 Å². The molecule has 74 valence electrons. The standard InChI is InChI=1S/C12H15NO/c1-14-12-9-5-4-8-11(12)7-3-2-6-10-13/h4-5,8-9H,2-3,6-7H2,1H3. The van der Waals surface area contributed by atoms with Crippen LogP contribution < -0.4 is 4.74 Å². The molecule has 2 nitrogen and oxygen atoms in total. The molecular weight excluding hydrogens is 174 g/mol. The maximum Gasteiger partial charge on any atom is 0.122 e. The van der Waals surface area contributed by atoms with Crippen LogP contribution >= 0.6 is 0 Å². The smallest absolute Gasteiger partial charge is 0.122 e. The van der Waals surface area contributed by atoms with E-state index in [0.29, 0.717) is 6.42 Å². The maximum absolute atomic E-state index is 8.39. The van der Waals surface area contributed by atoms with E-state index in [2.05, 4.69) is 12.1 Å². The van der Waals surface area contributed by atoms with Crippen molar-refractivity contribution in [2.24, 2.45) is 0 Å². The number of ether oxygens (including phenoxy) is 1. The second kappa shape index (κ2) is 6.04. The Hall–Kier alpha value is -1.49. The first kappa shape index (κ1) is 10.6. The summed E-state index contributed by atoms with van der Waals surface area (Å²) in [5.41, 5.74) is 1.23. The normalized spacial score (nSPS) is 9.43. The van der Waals surface area contributed by atoms with Gasteiger partial charge in [-0.3, -0.25) is 0 Å². The Labute approximate surface area is 85.1 Å². The molecule has 0 bridgehead atoms. The average molecular weight is 189 g/mol. The molecule has 0 saturated carbocycles. The van der Waals surface area contributed by atoms with E-state index < -0.39 is 0 Å². The molecule has 0 spiro atoms. The third-order valence-electron chi connectivity index (χ3n) is 2.18. The number of para-hydroxylation sites is 1. The lowest BCUT2D eigenvalue weighted by molar-refractivity contribution is 0.409. The fourth-order valence-electron chi connectivity index (χ4n) is 1.43. The Morgan fingerprint density at radius 3 is 2.79 bits per heavy atom. The van der Waals surface area contributed by atoms with E-state index in [-0.39, 0.29) is 0 Å². The lowest BCUT2D eigenvalue weighted by Crippen LogP contribution is -1.91. The van der Waals surface area contributed by atoms with Gasteiger partial charge in [-0.15, -0.1) is 0 Å².